The average Bonchev–Trinajstić information content (AvgIpc) is 1.55. The van der Waals surface area contributed by atoms with E-state index >= 15 is 0 Å². The van der Waals surface area contributed by atoms with Gasteiger partial charge in [0.15, 0.2) is 46.1 Å². The maximum atomic E-state index is 7.02. The molecule has 0 aliphatic rings. The summed E-state index contributed by atoms with van der Waals surface area (Å²) in [5.74, 6) is 3.59. The Balaban J connectivity index is 0.000000134. The third-order valence-electron chi connectivity index (χ3n) is 26.0. The van der Waals surface area contributed by atoms with Gasteiger partial charge in [-0.3, -0.25) is 0 Å². The summed E-state index contributed by atoms with van der Waals surface area (Å²) in [6.07, 6.45) is 0. The van der Waals surface area contributed by atoms with Gasteiger partial charge in [0.1, 0.15) is 11.2 Å². The Morgan fingerprint density at radius 3 is 1.04 bits per heavy atom. The van der Waals surface area contributed by atoms with E-state index in [9.17, 15) is 0 Å². The van der Waals surface area contributed by atoms with Gasteiger partial charge in [0.25, 0.3) is 0 Å². The smallest absolute Gasteiger partial charge is 0.164 e. The molecule has 0 radical (unpaired) electrons. The lowest BCUT2D eigenvalue weighted by molar-refractivity contribution is 0.666. The van der Waals surface area contributed by atoms with Crippen LogP contribution in [-0.2, 0) is 0 Å². The molecular formula is C118H68N8O2S2. The summed E-state index contributed by atoms with van der Waals surface area (Å²) in [5, 5.41) is 23.3. The minimum Gasteiger partial charge on any atom is -0.454 e. The van der Waals surface area contributed by atoms with Crippen LogP contribution in [0.3, 0.4) is 0 Å². The highest BCUT2D eigenvalue weighted by atomic mass is 32.1. The van der Waals surface area contributed by atoms with Crippen molar-refractivity contribution >= 4 is 194 Å². The summed E-state index contributed by atoms with van der Waals surface area (Å²) in [6.45, 7) is 0. The molecule has 0 atom stereocenters. The van der Waals surface area contributed by atoms with Crippen molar-refractivity contribution in [2.24, 2.45) is 0 Å². The highest BCUT2D eigenvalue weighted by molar-refractivity contribution is 7.26. The van der Waals surface area contributed by atoms with E-state index in [0.717, 1.165) is 133 Å². The molecule has 28 rings (SSSR count). The molecule has 0 bridgehead atoms. The van der Waals surface area contributed by atoms with E-state index in [4.69, 9.17) is 38.7 Å². The first kappa shape index (κ1) is 73.5. The van der Waals surface area contributed by atoms with E-state index in [1.165, 1.54) is 105 Å². The van der Waals surface area contributed by atoms with Gasteiger partial charge in [-0.2, -0.15) is 0 Å². The summed E-state index contributed by atoms with van der Waals surface area (Å²) >= 11 is 3.58. The SMILES string of the molecule is c1ccc(-c2ccc(-c3nc(-c4ccc5c(c4)sc4ccccc45)nc(-c4ccc(-n5c6cc7ccccc7cc6c6cc7ccccc7cc65)c5oc6ccccc6c45)n3)cc2)cc1.c1ccc(-c2cccc(-c3nc(-c4ccc5c(c4)sc4ccccc45)nc(-c4ccc(-n5c6cc7ccccc7cc6c6c7ccccc7ccc65)c5oc6ccccc6c45)n3)c2)cc1. The summed E-state index contributed by atoms with van der Waals surface area (Å²) in [4.78, 5) is 31.9. The Kier molecular flexibility index (Phi) is 16.6. The van der Waals surface area contributed by atoms with E-state index < -0.39 is 0 Å². The molecule has 8 aromatic heterocycles. The van der Waals surface area contributed by atoms with Crippen molar-refractivity contribution in [2.45, 2.75) is 0 Å². The number of fused-ring (bicyclic) bond motifs is 23. The molecule has 10 nitrogen and oxygen atoms in total. The van der Waals surface area contributed by atoms with Gasteiger partial charge >= 0.3 is 0 Å². The van der Waals surface area contributed by atoms with Crippen LogP contribution >= 0.6 is 22.7 Å². The molecule has 12 heteroatoms. The van der Waals surface area contributed by atoms with Gasteiger partial charge in [-0.1, -0.05) is 303 Å². The fraction of sp³-hybridized carbons (Fsp3) is 0. The van der Waals surface area contributed by atoms with Crippen LogP contribution in [-0.4, -0.2) is 39.0 Å². The van der Waals surface area contributed by atoms with Crippen molar-refractivity contribution in [1.29, 1.82) is 0 Å². The Morgan fingerprint density at radius 1 is 0.185 bits per heavy atom. The van der Waals surface area contributed by atoms with Crippen LogP contribution < -0.4 is 0 Å². The topological polar surface area (TPSA) is 113 Å². The summed E-state index contributed by atoms with van der Waals surface area (Å²) in [6, 6.07) is 146. The molecule has 0 aliphatic heterocycles. The number of rotatable bonds is 10. The zero-order valence-corrected chi connectivity index (χ0v) is 71.1. The normalized spacial score (nSPS) is 12.0. The van der Waals surface area contributed by atoms with Gasteiger partial charge in [0.05, 0.1) is 33.4 Å². The van der Waals surface area contributed by atoms with Gasteiger partial charge in [0.2, 0.25) is 0 Å². The number of benzene rings is 20. The number of furan rings is 2. The van der Waals surface area contributed by atoms with Crippen LogP contribution in [0.1, 0.15) is 0 Å². The second-order valence-corrected chi connectivity index (χ2v) is 35.7. The highest BCUT2D eigenvalue weighted by Crippen LogP contribution is 2.49. The van der Waals surface area contributed by atoms with Crippen LogP contribution in [0.15, 0.2) is 421 Å². The van der Waals surface area contributed by atoms with Crippen LogP contribution in [0.25, 0.3) is 273 Å². The predicted molar refractivity (Wildman–Crippen MR) is 542 cm³/mol. The molecule has 0 amide bonds. The quantitative estimate of drug-likeness (QED) is 0.133. The maximum Gasteiger partial charge on any atom is 0.164 e. The predicted octanol–water partition coefficient (Wildman–Crippen LogP) is 32.4. The highest BCUT2D eigenvalue weighted by Gasteiger charge is 2.28. The summed E-state index contributed by atoms with van der Waals surface area (Å²) < 4.78 is 23.7. The minimum absolute atomic E-state index is 0.578. The zero-order valence-electron chi connectivity index (χ0n) is 69.5. The largest absolute Gasteiger partial charge is 0.454 e. The molecule has 8 heterocycles. The number of hydrogen-bond acceptors (Lipinski definition) is 10. The average molecular weight is 1690 g/mol. The first-order chi connectivity index (χ1) is 64.4. The number of thiophene rings is 2. The summed E-state index contributed by atoms with van der Waals surface area (Å²) in [7, 11) is 0. The van der Waals surface area contributed by atoms with Gasteiger partial charge < -0.3 is 18.0 Å². The molecule has 20 aromatic carbocycles. The maximum absolute atomic E-state index is 7.02. The molecule has 0 saturated heterocycles. The van der Waals surface area contributed by atoms with E-state index in [0.29, 0.717) is 34.9 Å². The first-order valence-corrected chi connectivity index (χ1v) is 45.3. The van der Waals surface area contributed by atoms with E-state index in [2.05, 4.69) is 397 Å². The molecule has 0 N–H and O–H groups in total. The number of para-hydroxylation sites is 2. The number of nitrogens with zero attached hydrogens (tertiary/aromatic N) is 8. The molecule has 0 saturated carbocycles. The van der Waals surface area contributed by atoms with Crippen molar-refractivity contribution in [3.63, 3.8) is 0 Å². The van der Waals surface area contributed by atoms with Crippen LogP contribution in [0.4, 0.5) is 0 Å². The molecule has 0 unspecified atom stereocenters. The zero-order chi connectivity index (χ0) is 85.2. The van der Waals surface area contributed by atoms with Crippen molar-refractivity contribution < 1.29 is 8.83 Å². The Labute approximate surface area is 750 Å². The Bertz CT molecular complexity index is 9510. The van der Waals surface area contributed by atoms with Gasteiger partial charge in [-0.25, -0.2) is 29.9 Å². The molecule has 0 spiro atoms. The number of aromatic nitrogens is 8. The fourth-order valence-corrected chi connectivity index (χ4v) is 22.2. The molecule has 0 fully saturated rings. The third-order valence-corrected chi connectivity index (χ3v) is 28.3. The van der Waals surface area contributed by atoms with Crippen LogP contribution in [0.2, 0.25) is 0 Å². The van der Waals surface area contributed by atoms with Crippen LogP contribution in [0, 0.1) is 0 Å². The van der Waals surface area contributed by atoms with E-state index in [1.54, 1.807) is 22.7 Å². The van der Waals surface area contributed by atoms with E-state index in [-0.39, 0.29) is 0 Å². The second kappa shape index (κ2) is 29.4. The van der Waals surface area contributed by atoms with Gasteiger partial charge in [0, 0.05) is 117 Å². The third kappa shape index (κ3) is 11.9. The molecule has 28 aromatic rings. The Hall–Kier alpha value is -16.9. The number of hydrogen-bond donors (Lipinski definition) is 0. The van der Waals surface area contributed by atoms with Crippen molar-refractivity contribution in [3.05, 3.63) is 413 Å². The van der Waals surface area contributed by atoms with Gasteiger partial charge in [-0.05, 0) is 175 Å². The van der Waals surface area contributed by atoms with Crippen LogP contribution in [0.5, 0.6) is 0 Å². The van der Waals surface area contributed by atoms with Gasteiger partial charge in [-0.15, -0.1) is 22.7 Å². The monoisotopic (exact) mass is 1690 g/mol. The first-order valence-electron chi connectivity index (χ1n) is 43.7. The molecule has 604 valence electrons. The fourth-order valence-electron chi connectivity index (χ4n) is 19.9. The Morgan fingerprint density at radius 2 is 0.531 bits per heavy atom. The lowest BCUT2D eigenvalue weighted by atomic mass is 10.0. The van der Waals surface area contributed by atoms with Crippen molar-refractivity contribution in [1.82, 2.24) is 39.0 Å². The lowest BCUT2D eigenvalue weighted by Crippen LogP contribution is -2.01. The molecule has 0 aliphatic carbocycles. The van der Waals surface area contributed by atoms with E-state index in [1.807, 2.05) is 24.3 Å². The molecule has 130 heavy (non-hydrogen) atoms. The van der Waals surface area contributed by atoms with Crippen molar-refractivity contribution in [2.75, 3.05) is 0 Å². The second-order valence-electron chi connectivity index (χ2n) is 33.5. The lowest BCUT2D eigenvalue weighted by Gasteiger charge is -2.13. The van der Waals surface area contributed by atoms with Crippen molar-refractivity contribution in [3.8, 4) is 102 Å². The molecular weight excluding hydrogens is 1630 g/mol. The standard InChI is InChI=1S/2C59H34N4OS/c1-2-12-35(13-3-1)36-22-24-37(25-23-36)57-60-58(42-26-27-44-43-18-9-11-21-53(43)65-54(44)34-42)62-59(61-57)46-28-29-49(56-55(46)45-19-8-10-20-52(45)64-56)63-50-32-40-16-6-4-14-38(40)30-47(50)48-31-39-15-5-7-17-41(39)33-51(48)63;1-2-13-35(14-3-1)37-18-12-19-40(31-37)57-60-58(41-25-27-44-43-21-9-11-24-52(43)65-53(44)34-41)62-59(61-57)46-28-30-49(56-55(46)45-22-8-10-23-51(45)64-56)63-48-29-26-36-15-6-7-20-42(36)54(48)47-32-38-16-4-5-17-39(38)33-50(47)63/h2*1-34H. The summed E-state index contributed by atoms with van der Waals surface area (Å²) in [5.41, 5.74) is 19.4. The minimum atomic E-state index is 0.578.